The van der Waals surface area contributed by atoms with Crippen LogP contribution in [0.4, 0.5) is 0 Å². The van der Waals surface area contributed by atoms with Crippen LogP contribution in [0.25, 0.3) is 0 Å². The van der Waals surface area contributed by atoms with Gasteiger partial charge in [0.25, 0.3) is 0 Å². The lowest BCUT2D eigenvalue weighted by Gasteiger charge is -2.27. The first-order valence-corrected chi connectivity index (χ1v) is 5.73. The fourth-order valence-electron chi connectivity index (χ4n) is 2.26. The minimum absolute atomic E-state index is 0.464. The lowest BCUT2D eigenvalue weighted by Crippen LogP contribution is -2.40. The predicted octanol–water partition coefficient (Wildman–Crippen LogP) is 1.10. The largest absolute Gasteiger partial charge is 0.380 e. The van der Waals surface area contributed by atoms with Crippen molar-refractivity contribution in [1.82, 2.24) is 10.2 Å². The summed E-state index contributed by atoms with van der Waals surface area (Å²) < 4.78 is 5.39. The lowest BCUT2D eigenvalue weighted by molar-refractivity contribution is 0.0996. The first-order chi connectivity index (χ1) is 6.81. The Kier molecular flexibility index (Phi) is 5.45. The van der Waals surface area contributed by atoms with Crippen molar-refractivity contribution in [2.75, 3.05) is 33.8 Å². The van der Waals surface area contributed by atoms with Crippen molar-refractivity contribution in [2.45, 2.75) is 38.3 Å². The Morgan fingerprint density at radius 3 is 2.86 bits per heavy atom. The zero-order valence-corrected chi connectivity index (χ0v) is 9.75. The average molecular weight is 200 g/mol. The van der Waals surface area contributed by atoms with Crippen LogP contribution in [0.15, 0.2) is 0 Å². The zero-order chi connectivity index (χ0) is 10.4. The Labute approximate surface area is 87.8 Å². The quantitative estimate of drug-likeness (QED) is 0.695. The molecular formula is C11H24N2O. The normalized spacial score (nSPS) is 25.5. The monoisotopic (exact) mass is 200 g/mol. The summed E-state index contributed by atoms with van der Waals surface area (Å²) in [5.74, 6) is 0. The topological polar surface area (TPSA) is 24.5 Å². The molecule has 3 nitrogen and oxygen atoms in total. The van der Waals surface area contributed by atoms with Crippen LogP contribution >= 0.6 is 0 Å². The van der Waals surface area contributed by atoms with Crippen molar-refractivity contribution in [2.24, 2.45) is 0 Å². The molecule has 0 aromatic carbocycles. The molecule has 0 aromatic heterocycles. The Morgan fingerprint density at radius 2 is 2.36 bits per heavy atom. The fraction of sp³-hybridized carbons (Fsp3) is 1.00. The Bertz CT molecular complexity index is 146. The molecule has 0 aliphatic carbocycles. The summed E-state index contributed by atoms with van der Waals surface area (Å²) in [6, 6.07) is 0.699. The van der Waals surface area contributed by atoms with Crippen molar-refractivity contribution in [3.63, 3.8) is 0 Å². The first kappa shape index (κ1) is 12.0. The molecule has 2 unspecified atom stereocenters. The number of rotatable bonds is 6. The number of nitrogens with one attached hydrogen (secondary N) is 1. The molecule has 1 aliphatic heterocycles. The molecule has 0 aromatic rings. The molecule has 1 aliphatic rings. The van der Waals surface area contributed by atoms with Gasteiger partial charge in [0, 0.05) is 32.8 Å². The summed E-state index contributed by atoms with van der Waals surface area (Å²) in [7, 11) is 3.85. The third kappa shape index (κ3) is 3.23. The van der Waals surface area contributed by atoms with E-state index in [4.69, 9.17) is 4.74 Å². The molecule has 1 saturated heterocycles. The maximum atomic E-state index is 5.39. The van der Waals surface area contributed by atoms with Crippen molar-refractivity contribution < 1.29 is 4.74 Å². The van der Waals surface area contributed by atoms with Gasteiger partial charge in [0.1, 0.15) is 0 Å². The molecule has 0 amide bonds. The second-order valence-electron chi connectivity index (χ2n) is 4.14. The van der Waals surface area contributed by atoms with Crippen LogP contribution in [0.5, 0.6) is 0 Å². The van der Waals surface area contributed by atoms with Gasteiger partial charge in [-0.2, -0.15) is 0 Å². The number of likely N-dealkylation sites (tertiary alicyclic amines) is 1. The standard InChI is InChI=1S/C11H24N2O/c1-4-5-10(8-12-2)13-7-6-11(9-13)14-3/h10-12H,4-9H2,1-3H3. The maximum absolute atomic E-state index is 5.39. The van der Waals surface area contributed by atoms with Gasteiger partial charge >= 0.3 is 0 Å². The summed E-state index contributed by atoms with van der Waals surface area (Å²) in [6.45, 7) is 5.67. The van der Waals surface area contributed by atoms with Crippen molar-refractivity contribution in [3.05, 3.63) is 0 Å². The highest BCUT2D eigenvalue weighted by atomic mass is 16.5. The van der Waals surface area contributed by atoms with Gasteiger partial charge in [0.2, 0.25) is 0 Å². The van der Waals surface area contributed by atoms with E-state index in [0.717, 1.165) is 13.1 Å². The van der Waals surface area contributed by atoms with Crippen molar-refractivity contribution >= 4 is 0 Å². The highest BCUT2D eigenvalue weighted by Gasteiger charge is 2.26. The van der Waals surface area contributed by atoms with Gasteiger partial charge in [-0.25, -0.2) is 0 Å². The molecule has 84 valence electrons. The molecule has 2 atom stereocenters. The van der Waals surface area contributed by atoms with Crippen LogP contribution in [0.1, 0.15) is 26.2 Å². The maximum Gasteiger partial charge on any atom is 0.0710 e. The van der Waals surface area contributed by atoms with Gasteiger partial charge in [-0.05, 0) is 19.9 Å². The number of ether oxygens (including phenoxy) is 1. The van der Waals surface area contributed by atoms with E-state index in [2.05, 4.69) is 17.1 Å². The molecule has 1 fully saturated rings. The van der Waals surface area contributed by atoms with Gasteiger partial charge in [0.15, 0.2) is 0 Å². The second-order valence-corrected chi connectivity index (χ2v) is 4.14. The van der Waals surface area contributed by atoms with E-state index in [1.54, 1.807) is 0 Å². The Hall–Kier alpha value is -0.120. The van der Waals surface area contributed by atoms with Gasteiger partial charge in [0.05, 0.1) is 6.10 Å². The molecule has 0 radical (unpaired) electrons. The summed E-state index contributed by atoms with van der Waals surface area (Å²) in [5, 5.41) is 3.28. The first-order valence-electron chi connectivity index (χ1n) is 5.73. The van der Waals surface area contributed by atoms with E-state index < -0.39 is 0 Å². The fourth-order valence-corrected chi connectivity index (χ4v) is 2.26. The van der Waals surface area contributed by atoms with Crippen molar-refractivity contribution in [1.29, 1.82) is 0 Å². The summed E-state index contributed by atoms with van der Waals surface area (Å²) in [6.07, 6.45) is 4.21. The second kappa shape index (κ2) is 6.38. The number of likely N-dealkylation sites (N-methyl/N-ethyl adjacent to an activating group) is 1. The molecule has 0 spiro atoms. The average Bonchev–Trinajstić information content (AvgIpc) is 2.65. The predicted molar refractivity (Wildman–Crippen MR) is 59.6 cm³/mol. The number of hydrogen-bond donors (Lipinski definition) is 1. The van der Waals surface area contributed by atoms with Crippen LogP contribution in [0, 0.1) is 0 Å². The molecule has 3 heteroatoms. The van der Waals surface area contributed by atoms with Gasteiger partial charge in [-0.15, -0.1) is 0 Å². The van der Waals surface area contributed by atoms with E-state index >= 15 is 0 Å². The Balaban J connectivity index is 2.36. The van der Waals surface area contributed by atoms with Crippen LogP contribution in [-0.4, -0.2) is 50.8 Å². The molecule has 14 heavy (non-hydrogen) atoms. The highest BCUT2D eigenvalue weighted by molar-refractivity contribution is 4.82. The van der Waals surface area contributed by atoms with E-state index in [0.29, 0.717) is 12.1 Å². The van der Waals surface area contributed by atoms with E-state index in [-0.39, 0.29) is 0 Å². The smallest absolute Gasteiger partial charge is 0.0710 e. The molecule has 0 bridgehead atoms. The van der Waals surface area contributed by atoms with Crippen LogP contribution < -0.4 is 5.32 Å². The third-order valence-electron chi connectivity index (χ3n) is 3.09. The molecule has 1 rings (SSSR count). The number of hydrogen-bond acceptors (Lipinski definition) is 3. The third-order valence-corrected chi connectivity index (χ3v) is 3.09. The van der Waals surface area contributed by atoms with E-state index in [1.807, 2.05) is 14.2 Å². The van der Waals surface area contributed by atoms with E-state index in [9.17, 15) is 0 Å². The molecule has 0 saturated carbocycles. The lowest BCUT2D eigenvalue weighted by atomic mass is 10.1. The SMILES string of the molecule is CCCC(CNC)N1CCC(OC)C1. The zero-order valence-electron chi connectivity index (χ0n) is 9.75. The number of nitrogens with zero attached hydrogens (tertiary/aromatic N) is 1. The van der Waals surface area contributed by atoms with Gasteiger partial charge in [-0.1, -0.05) is 13.3 Å². The minimum atomic E-state index is 0.464. The summed E-state index contributed by atoms with van der Waals surface area (Å²) >= 11 is 0. The Morgan fingerprint density at radius 1 is 1.57 bits per heavy atom. The van der Waals surface area contributed by atoms with Crippen LogP contribution in [0.3, 0.4) is 0 Å². The van der Waals surface area contributed by atoms with Crippen LogP contribution in [0.2, 0.25) is 0 Å². The van der Waals surface area contributed by atoms with E-state index in [1.165, 1.54) is 25.8 Å². The van der Waals surface area contributed by atoms with Crippen LogP contribution in [-0.2, 0) is 4.74 Å². The molecule has 1 N–H and O–H groups in total. The summed E-state index contributed by atoms with van der Waals surface area (Å²) in [5.41, 5.74) is 0. The molecule has 1 heterocycles. The number of methoxy groups -OCH3 is 1. The van der Waals surface area contributed by atoms with Crippen molar-refractivity contribution in [3.8, 4) is 0 Å². The highest BCUT2D eigenvalue weighted by Crippen LogP contribution is 2.17. The molecular weight excluding hydrogens is 176 g/mol. The van der Waals surface area contributed by atoms with Gasteiger partial charge in [-0.3, -0.25) is 4.90 Å². The van der Waals surface area contributed by atoms with Gasteiger partial charge < -0.3 is 10.1 Å². The minimum Gasteiger partial charge on any atom is -0.380 e. The summed E-state index contributed by atoms with van der Waals surface area (Å²) in [4.78, 5) is 2.56.